The van der Waals surface area contributed by atoms with Gasteiger partial charge in [-0.25, -0.2) is 5.48 Å². The third-order valence-electron chi connectivity index (χ3n) is 0.766. The Morgan fingerprint density at radius 2 is 2.09 bits per heavy atom. The molecule has 0 heterocycles. The third kappa shape index (κ3) is 5.81. The lowest BCUT2D eigenvalue weighted by Crippen LogP contribution is -2.25. The quantitative estimate of drug-likeness (QED) is 0.609. The van der Waals surface area contributed by atoms with Crippen molar-refractivity contribution in [3.05, 3.63) is 0 Å². The summed E-state index contributed by atoms with van der Waals surface area (Å²) in [6.45, 7) is 2.87. The molecule has 1 amide bonds. The van der Waals surface area contributed by atoms with Crippen molar-refractivity contribution in [3.8, 4) is 0 Å². The number of rotatable bonds is 4. The molecule has 0 atom stereocenters. The van der Waals surface area contributed by atoms with Crippen molar-refractivity contribution in [1.82, 2.24) is 5.48 Å². The van der Waals surface area contributed by atoms with Crippen LogP contribution >= 0.6 is 0 Å². The van der Waals surface area contributed by atoms with Crippen molar-refractivity contribution in [3.63, 3.8) is 0 Å². The highest BCUT2D eigenvalue weighted by atomic mass is 32.2. The van der Waals surface area contributed by atoms with Gasteiger partial charge in [-0.1, -0.05) is 6.92 Å². The number of nitrogens with one attached hydrogen (secondary N) is 1. The molecule has 0 fully saturated rings. The Kier molecular flexibility index (Phi) is 4.06. The van der Waals surface area contributed by atoms with Crippen LogP contribution in [0.2, 0.25) is 0 Å². The molecule has 0 radical (unpaired) electrons. The molecular formula is C5H11NO4S. The van der Waals surface area contributed by atoms with Crippen LogP contribution in [0.4, 0.5) is 0 Å². The maximum atomic E-state index is 10.7. The second-order valence-electron chi connectivity index (χ2n) is 2.00. The number of hydrogen-bond donors (Lipinski definition) is 1. The fraction of sp³-hybridized carbons (Fsp3) is 0.800. The van der Waals surface area contributed by atoms with Crippen molar-refractivity contribution >= 4 is 16.0 Å². The topological polar surface area (TPSA) is 72.5 Å². The summed E-state index contributed by atoms with van der Waals surface area (Å²) < 4.78 is 25.5. The molecular weight excluding hydrogens is 170 g/mol. The summed E-state index contributed by atoms with van der Waals surface area (Å²) in [5.41, 5.74) is 1.74. The van der Waals surface area contributed by atoms with Crippen molar-refractivity contribution in [2.24, 2.45) is 0 Å². The molecule has 5 nitrogen and oxygen atoms in total. The molecule has 0 saturated carbocycles. The number of carbonyl (C=O) groups excluding carboxylic acids is 1. The largest absolute Gasteiger partial charge is 0.287 e. The summed E-state index contributed by atoms with van der Waals surface area (Å²) in [6, 6.07) is 0. The molecule has 1 N–H and O–H groups in total. The predicted octanol–water partition coefficient (Wildman–Crippen LogP) is -0.206. The van der Waals surface area contributed by atoms with Gasteiger partial charge in [0.15, 0.2) is 0 Å². The first kappa shape index (κ1) is 10.4. The Morgan fingerprint density at radius 3 is 2.45 bits per heavy atom. The first-order chi connectivity index (χ1) is 4.98. The summed E-state index contributed by atoms with van der Waals surface area (Å²) in [5, 5.41) is 0. The highest BCUT2D eigenvalue weighted by Crippen LogP contribution is 1.92. The van der Waals surface area contributed by atoms with Gasteiger partial charge < -0.3 is 0 Å². The van der Waals surface area contributed by atoms with Gasteiger partial charge in [0, 0.05) is 6.92 Å². The van der Waals surface area contributed by atoms with Gasteiger partial charge in [0.2, 0.25) is 5.91 Å². The van der Waals surface area contributed by atoms with Gasteiger partial charge in [0.05, 0.1) is 5.75 Å². The van der Waals surface area contributed by atoms with E-state index in [1.54, 1.807) is 12.4 Å². The average molecular weight is 181 g/mol. The minimum Gasteiger partial charge on any atom is -0.273 e. The molecule has 11 heavy (non-hydrogen) atoms. The zero-order valence-electron chi connectivity index (χ0n) is 6.46. The van der Waals surface area contributed by atoms with Gasteiger partial charge >= 0.3 is 0 Å². The molecule has 0 aliphatic carbocycles. The minimum atomic E-state index is -3.56. The van der Waals surface area contributed by atoms with Gasteiger partial charge in [0.1, 0.15) is 0 Å². The maximum Gasteiger partial charge on any atom is 0.287 e. The predicted molar refractivity (Wildman–Crippen MR) is 39.0 cm³/mol. The summed E-state index contributed by atoms with van der Waals surface area (Å²) in [6.07, 6.45) is 0.460. The van der Waals surface area contributed by atoms with E-state index in [9.17, 15) is 13.2 Å². The monoisotopic (exact) mass is 181 g/mol. The van der Waals surface area contributed by atoms with E-state index in [0.29, 0.717) is 6.42 Å². The number of hydrogen-bond acceptors (Lipinski definition) is 4. The maximum absolute atomic E-state index is 10.7. The van der Waals surface area contributed by atoms with E-state index in [-0.39, 0.29) is 5.75 Å². The first-order valence-corrected chi connectivity index (χ1v) is 4.73. The number of carbonyl (C=O) groups is 1. The van der Waals surface area contributed by atoms with Gasteiger partial charge in [0.25, 0.3) is 10.1 Å². The summed E-state index contributed by atoms with van der Waals surface area (Å²) in [4.78, 5) is 10.2. The second-order valence-corrected chi connectivity index (χ2v) is 3.69. The highest BCUT2D eigenvalue weighted by molar-refractivity contribution is 7.86. The SMILES string of the molecule is CCCS(=O)(=O)ONC(C)=O. The molecule has 0 aromatic heterocycles. The van der Waals surface area contributed by atoms with Crippen LogP contribution in [0.3, 0.4) is 0 Å². The van der Waals surface area contributed by atoms with E-state index in [2.05, 4.69) is 4.28 Å². The van der Waals surface area contributed by atoms with E-state index in [1.165, 1.54) is 6.92 Å². The van der Waals surface area contributed by atoms with Crippen molar-refractivity contribution in [2.75, 3.05) is 5.75 Å². The Labute approximate surface area is 65.8 Å². The van der Waals surface area contributed by atoms with Gasteiger partial charge in [-0.05, 0) is 6.42 Å². The molecule has 0 aromatic rings. The summed E-state index contributed by atoms with van der Waals surface area (Å²) in [5.74, 6) is -0.627. The molecule has 66 valence electrons. The number of hydroxylamine groups is 1. The first-order valence-electron chi connectivity index (χ1n) is 3.15. The van der Waals surface area contributed by atoms with Crippen LogP contribution in [-0.4, -0.2) is 20.1 Å². The van der Waals surface area contributed by atoms with Crippen molar-refractivity contribution in [2.45, 2.75) is 20.3 Å². The standard InChI is InChI=1S/C5H11NO4S/c1-3-4-11(8,9)10-6-5(2)7/h3-4H2,1-2H3,(H,6,7). The van der Waals surface area contributed by atoms with Gasteiger partial charge in [-0.2, -0.15) is 8.42 Å². The third-order valence-corrected chi connectivity index (χ3v) is 2.01. The van der Waals surface area contributed by atoms with E-state index < -0.39 is 16.0 Å². The number of amides is 1. The van der Waals surface area contributed by atoms with Crippen molar-refractivity contribution < 1.29 is 17.5 Å². The fourth-order valence-electron chi connectivity index (χ4n) is 0.414. The lowest BCUT2D eigenvalue weighted by Gasteiger charge is -2.01. The van der Waals surface area contributed by atoms with E-state index in [1.807, 2.05) is 0 Å². The molecule has 0 saturated heterocycles. The van der Waals surface area contributed by atoms with Crippen molar-refractivity contribution in [1.29, 1.82) is 0 Å². The second kappa shape index (κ2) is 4.30. The van der Waals surface area contributed by atoms with Crippen LogP contribution in [-0.2, 0) is 19.2 Å². The Hall–Kier alpha value is -0.620. The van der Waals surface area contributed by atoms with Crippen LogP contribution in [0.5, 0.6) is 0 Å². The summed E-state index contributed by atoms with van der Waals surface area (Å²) >= 11 is 0. The van der Waals surface area contributed by atoms with Crippen LogP contribution in [0.25, 0.3) is 0 Å². The van der Waals surface area contributed by atoms with Crippen LogP contribution in [0.15, 0.2) is 0 Å². The molecule has 0 aliphatic rings. The molecule has 0 bridgehead atoms. The smallest absolute Gasteiger partial charge is 0.273 e. The van der Waals surface area contributed by atoms with Gasteiger partial charge in [-0.3, -0.25) is 4.79 Å². The Morgan fingerprint density at radius 1 is 1.55 bits per heavy atom. The summed E-state index contributed by atoms with van der Waals surface area (Å²) in [7, 11) is -3.56. The lowest BCUT2D eigenvalue weighted by molar-refractivity contribution is -0.125. The van der Waals surface area contributed by atoms with E-state index in [4.69, 9.17) is 0 Å². The van der Waals surface area contributed by atoms with E-state index in [0.717, 1.165) is 0 Å². The van der Waals surface area contributed by atoms with Crippen LogP contribution < -0.4 is 5.48 Å². The zero-order chi connectivity index (χ0) is 8.91. The fourth-order valence-corrected chi connectivity index (χ4v) is 1.24. The molecule has 0 aromatic carbocycles. The molecule has 0 aliphatic heterocycles. The molecule has 0 rings (SSSR count). The van der Waals surface area contributed by atoms with E-state index >= 15 is 0 Å². The lowest BCUT2D eigenvalue weighted by atomic mass is 10.6. The Balaban J connectivity index is 3.84. The minimum absolute atomic E-state index is 0.0900. The molecule has 0 unspecified atom stereocenters. The normalized spacial score (nSPS) is 11.1. The Bertz CT molecular complexity index is 221. The van der Waals surface area contributed by atoms with Gasteiger partial charge in [-0.15, -0.1) is 4.28 Å². The molecule has 6 heteroatoms. The average Bonchev–Trinajstić information content (AvgIpc) is 1.84. The molecule has 0 spiro atoms. The van der Waals surface area contributed by atoms with Crippen LogP contribution in [0, 0.1) is 0 Å². The zero-order valence-corrected chi connectivity index (χ0v) is 7.27. The van der Waals surface area contributed by atoms with Crippen LogP contribution in [0.1, 0.15) is 20.3 Å². The highest BCUT2D eigenvalue weighted by Gasteiger charge is 2.09.